The van der Waals surface area contributed by atoms with Gasteiger partial charge in [-0.1, -0.05) is 29.8 Å². The van der Waals surface area contributed by atoms with Gasteiger partial charge in [0.2, 0.25) is 5.79 Å². The van der Waals surface area contributed by atoms with Gasteiger partial charge in [0, 0.05) is 17.7 Å². The van der Waals surface area contributed by atoms with Gasteiger partial charge >= 0.3 is 0 Å². The normalized spacial score (nSPS) is 27.2. The molecule has 4 N–H and O–H groups in total. The Morgan fingerprint density at radius 2 is 1.87 bits per heavy atom. The van der Waals surface area contributed by atoms with Gasteiger partial charge in [0.25, 0.3) is 0 Å². The SMILES string of the molecule is CCOc1ccc(Cc2cc([C@@]3(OC)O[C@H]([C@H](O)CO)[C@H](O)[C@H]3O)ccc2Cl)cc1. The number of hydrogen-bond acceptors (Lipinski definition) is 7. The largest absolute Gasteiger partial charge is 0.494 e. The Balaban J connectivity index is 1.91. The fraction of sp³-hybridized carbons (Fsp3) is 0.455. The van der Waals surface area contributed by atoms with Crippen molar-refractivity contribution in [3.05, 3.63) is 64.2 Å². The molecule has 5 atom stereocenters. The molecule has 8 heteroatoms. The minimum atomic E-state index is -1.71. The summed E-state index contributed by atoms with van der Waals surface area (Å²) in [5.74, 6) is -0.928. The van der Waals surface area contributed by atoms with E-state index in [1.54, 1.807) is 18.2 Å². The molecule has 1 saturated heterocycles. The zero-order valence-electron chi connectivity index (χ0n) is 16.9. The quantitative estimate of drug-likeness (QED) is 0.495. The maximum atomic E-state index is 10.7. The van der Waals surface area contributed by atoms with Crippen LogP contribution in [0.15, 0.2) is 42.5 Å². The molecule has 0 spiro atoms. The Morgan fingerprint density at radius 3 is 2.47 bits per heavy atom. The Labute approximate surface area is 180 Å². The van der Waals surface area contributed by atoms with Gasteiger partial charge in [-0.2, -0.15) is 0 Å². The highest BCUT2D eigenvalue weighted by molar-refractivity contribution is 6.31. The minimum absolute atomic E-state index is 0.439. The van der Waals surface area contributed by atoms with E-state index in [1.807, 2.05) is 31.2 Å². The van der Waals surface area contributed by atoms with Crippen LogP contribution in [-0.2, 0) is 21.7 Å². The highest BCUT2D eigenvalue weighted by Gasteiger charge is 2.57. The summed E-state index contributed by atoms with van der Waals surface area (Å²) in [5.41, 5.74) is 2.21. The van der Waals surface area contributed by atoms with Crippen molar-refractivity contribution >= 4 is 11.6 Å². The molecule has 2 aromatic rings. The first-order valence-corrected chi connectivity index (χ1v) is 10.1. The van der Waals surface area contributed by atoms with E-state index in [0.29, 0.717) is 23.6 Å². The molecule has 1 heterocycles. The third-order valence-electron chi connectivity index (χ3n) is 5.31. The third kappa shape index (κ3) is 4.33. The highest BCUT2D eigenvalue weighted by atomic mass is 35.5. The lowest BCUT2D eigenvalue weighted by Gasteiger charge is -2.31. The molecule has 0 radical (unpaired) electrons. The monoisotopic (exact) mass is 438 g/mol. The van der Waals surface area contributed by atoms with E-state index in [4.69, 9.17) is 25.8 Å². The van der Waals surface area contributed by atoms with Gasteiger partial charge in [-0.05, 0) is 48.7 Å². The zero-order chi connectivity index (χ0) is 21.9. The predicted octanol–water partition coefficient (Wildman–Crippen LogP) is 1.60. The molecule has 1 aliphatic heterocycles. The van der Waals surface area contributed by atoms with Crippen LogP contribution in [0, 0.1) is 0 Å². The van der Waals surface area contributed by atoms with Gasteiger partial charge in [-0.3, -0.25) is 0 Å². The smallest absolute Gasteiger partial charge is 0.224 e. The fourth-order valence-corrected chi connectivity index (χ4v) is 3.88. The lowest BCUT2D eigenvalue weighted by atomic mass is 9.94. The predicted molar refractivity (Wildman–Crippen MR) is 111 cm³/mol. The molecule has 0 saturated carbocycles. The standard InChI is InChI=1S/C22H27ClO7/c1-3-29-16-7-4-13(5-8-16)10-14-11-15(6-9-17(14)23)22(28-2)21(27)19(26)20(30-22)18(25)12-24/h4-9,11,18-21,24-27H,3,10,12H2,1-2H3/t18-,19+,20-,21-,22-/m1/s1. The van der Waals surface area contributed by atoms with Gasteiger partial charge in [0.05, 0.1) is 13.2 Å². The van der Waals surface area contributed by atoms with Crippen LogP contribution in [0.3, 0.4) is 0 Å². The fourth-order valence-electron chi connectivity index (χ4n) is 3.70. The lowest BCUT2D eigenvalue weighted by Crippen LogP contribution is -2.43. The Bertz CT molecular complexity index is 844. The van der Waals surface area contributed by atoms with Crippen LogP contribution in [-0.4, -0.2) is 65.2 Å². The van der Waals surface area contributed by atoms with Crippen molar-refractivity contribution in [3.8, 4) is 5.75 Å². The Kier molecular flexibility index (Phi) is 7.36. The summed E-state index contributed by atoms with van der Waals surface area (Å²) < 4.78 is 16.7. The topological polar surface area (TPSA) is 109 Å². The average molecular weight is 439 g/mol. The van der Waals surface area contributed by atoms with Gasteiger partial charge in [-0.15, -0.1) is 0 Å². The van der Waals surface area contributed by atoms with Crippen molar-refractivity contribution in [2.75, 3.05) is 20.3 Å². The number of rotatable bonds is 8. The summed E-state index contributed by atoms with van der Waals surface area (Å²) in [6, 6.07) is 12.7. The number of halogens is 1. The summed E-state index contributed by atoms with van der Waals surface area (Å²) in [6.07, 6.45) is -5.00. The van der Waals surface area contributed by atoms with Crippen molar-refractivity contribution in [1.29, 1.82) is 0 Å². The van der Waals surface area contributed by atoms with Crippen molar-refractivity contribution in [3.63, 3.8) is 0 Å². The maximum Gasteiger partial charge on any atom is 0.224 e. The number of ether oxygens (including phenoxy) is 3. The molecule has 1 aliphatic rings. The van der Waals surface area contributed by atoms with Crippen LogP contribution in [0.2, 0.25) is 5.02 Å². The van der Waals surface area contributed by atoms with E-state index < -0.39 is 36.8 Å². The van der Waals surface area contributed by atoms with Crippen LogP contribution in [0.5, 0.6) is 5.75 Å². The molecule has 164 valence electrons. The van der Waals surface area contributed by atoms with Crippen molar-refractivity contribution in [2.24, 2.45) is 0 Å². The first-order chi connectivity index (χ1) is 14.4. The Hall–Kier alpha value is -1.71. The van der Waals surface area contributed by atoms with Gasteiger partial charge < -0.3 is 34.6 Å². The van der Waals surface area contributed by atoms with Crippen LogP contribution in [0.1, 0.15) is 23.6 Å². The van der Waals surface area contributed by atoms with E-state index in [2.05, 4.69) is 0 Å². The number of aliphatic hydroxyl groups is 4. The molecular formula is C22H27ClO7. The first kappa shape index (κ1) is 23.0. The van der Waals surface area contributed by atoms with Crippen molar-refractivity contribution < 1.29 is 34.6 Å². The Morgan fingerprint density at radius 1 is 1.17 bits per heavy atom. The number of benzene rings is 2. The molecule has 0 bridgehead atoms. The van der Waals surface area contributed by atoms with E-state index in [-0.39, 0.29) is 0 Å². The van der Waals surface area contributed by atoms with Gasteiger partial charge in [0.1, 0.15) is 30.2 Å². The van der Waals surface area contributed by atoms with Gasteiger partial charge in [0.15, 0.2) is 0 Å². The molecule has 1 fully saturated rings. The summed E-state index contributed by atoms with van der Waals surface area (Å²) in [6.45, 7) is 1.88. The van der Waals surface area contributed by atoms with E-state index in [1.165, 1.54) is 7.11 Å². The highest BCUT2D eigenvalue weighted by Crippen LogP contribution is 2.42. The second-order valence-electron chi connectivity index (χ2n) is 7.20. The van der Waals surface area contributed by atoms with E-state index in [0.717, 1.165) is 16.9 Å². The molecule has 2 aromatic carbocycles. The van der Waals surface area contributed by atoms with Crippen LogP contribution >= 0.6 is 11.6 Å². The van der Waals surface area contributed by atoms with Crippen LogP contribution < -0.4 is 4.74 Å². The maximum absolute atomic E-state index is 10.7. The average Bonchev–Trinajstić information content (AvgIpc) is 3.02. The molecule has 7 nitrogen and oxygen atoms in total. The second kappa shape index (κ2) is 9.62. The summed E-state index contributed by atoms with van der Waals surface area (Å²) in [5, 5.41) is 40.7. The van der Waals surface area contributed by atoms with E-state index >= 15 is 0 Å². The molecule has 3 rings (SSSR count). The number of hydrogen-bond donors (Lipinski definition) is 4. The molecule has 0 aliphatic carbocycles. The van der Waals surface area contributed by atoms with Crippen molar-refractivity contribution in [2.45, 2.75) is 43.5 Å². The first-order valence-electron chi connectivity index (χ1n) is 9.75. The lowest BCUT2D eigenvalue weighted by molar-refractivity contribution is -0.263. The molecule has 0 unspecified atom stereocenters. The van der Waals surface area contributed by atoms with Crippen molar-refractivity contribution in [1.82, 2.24) is 0 Å². The summed E-state index contributed by atoms with van der Waals surface area (Å²) in [4.78, 5) is 0. The van der Waals surface area contributed by atoms with Crippen LogP contribution in [0.25, 0.3) is 0 Å². The number of methoxy groups -OCH3 is 1. The molecule has 0 aromatic heterocycles. The minimum Gasteiger partial charge on any atom is -0.494 e. The van der Waals surface area contributed by atoms with Gasteiger partial charge in [-0.25, -0.2) is 0 Å². The molecule has 0 amide bonds. The van der Waals surface area contributed by atoms with Crippen LogP contribution in [0.4, 0.5) is 0 Å². The third-order valence-corrected chi connectivity index (χ3v) is 5.68. The summed E-state index contributed by atoms with van der Waals surface area (Å²) >= 11 is 6.40. The number of aliphatic hydroxyl groups excluding tert-OH is 4. The van der Waals surface area contributed by atoms with E-state index in [9.17, 15) is 20.4 Å². The second-order valence-corrected chi connectivity index (χ2v) is 7.61. The summed E-state index contributed by atoms with van der Waals surface area (Å²) in [7, 11) is 1.34. The molecular weight excluding hydrogens is 412 g/mol. The molecule has 30 heavy (non-hydrogen) atoms. The zero-order valence-corrected chi connectivity index (χ0v) is 17.6.